The van der Waals surface area contributed by atoms with Crippen molar-refractivity contribution in [2.24, 2.45) is 5.92 Å². The first kappa shape index (κ1) is 24.2. The van der Waals surface area contributed by atoms with Crippen LogP contribution in [0.3, 0.4) is 0 Å². The normalized spacial score (nSPS) is 21.9. The van der Waals surface area contributed by atoms with Crippen molar-refractivity contribution in [3.8, 4) is 11.5 Å². The van der Waals surface area contributed by atoms with Gasteiger partial charge in [-0.15, -0.1) is 0 Å². The van der Waals surface area contributed by atoms with Crippen molar-refractivity contribution in [2.75, 3.05) is 73.2 Å². The van der Waals surface area contributed by atoms with Gasteiger partial charge in [0.1, 0.15) is 0 Å². The van der Waals surface area contributed by atoms with Gasteiger partial charge in [-0.3, -0.25) is 9.69 Å². The van der Waals surface area contributed by atoms with Crippen molar-refractivity contribution in [1.82, 2.24) is 14.1 Å². The van der Waals surface area contributed by atoms with Gasteiger partial charge in [-0.2, -0.15) is 4.31 Å². The molecule has 1 aromatic carbocycles. The second-order valence-electron chi connectivity index (χ2n) is 8.53. The molecule has 3 aliphatic rings. The van der Waals surface area contributed by atoms with Crippen molar-refractivity contribution in [2.45, 2.75) is 24.0 Å². The maximum atomic E-state index is 13.1. The van der Waals surface area contributed by atoms with E-state index in [1.165, 1.54) is 30.7 Å². The van der Waals surface area contributed by atoms with Crippen molar-refractivity contribution in [3.63, 3.8) is 0 Å². The quantitative estimate of drug-likeness (QED) is 0.557. The summed E-state index contributed by atoms with van der Waals surface area (Å²) in [6, 6.07) is 4.57. The molecule has 3 fully saturated rings. The van der Waals surface area contributed by atoms with Crippen LogP contribution in [0.25, 0.3) is 0 Å². The van der Waals surface area contributed by atoms with Gasteiger partial charge in [-0.05, 0) is 38.1 Å². The first-order valence-corrected chi connectivity index (χ1v) is 12.8. The minimum Gasteiger partial charge on any atom is -0.493 e. The Balaban J connectivity index is 1.27. The molecule has 33 heavy (non-hydrogen) atoms. The van der Waals surface area contributed by atoms with Crippen LogP contribution in [0.2, 0.25) is 0 Å². The average Bonchev–Trinajstić information content (AvgIpc) is 3.39. The van der Waals surface area contributed by atoms with Gasteiger partial charge in [0.05, 0.1) is 38.9 Å². The molecular weight excluding hydrogens is 450 g/mol. The van der Waals surface area contributed by atoms with E-state index >= 15 is 0 Å². The predicted molar refractivity (Wildman–Crippen MR) is 120 cm³/mol. The average molecular weight is 484 g/mol. The zero-order valence-electron chi connectivity index (χ0n) is 19.3. The Morgan fingerprint density at radius 2 is 1.61 bits per heavy atom. The second kappa shape index (κ2) is 10.6. The molecule has 0 spiro atoms. The van der Waals surface area contributed by atoms with Gasteiger partial charge in [0.2, 0.25) is 15.9 Å². The van der Waals surface area contributed by atoms with E-state index in [0.29, 0.717) is 50.3 Å². The number of ether oxygens (including phenoxy) is 4. The number of sulfonamides is 1. The van der Waals surface area contributed by atoms with Crippen LogP contribution in [0.1, 0.15) is 12.8 Å². The van der Waals surface area contributed by atoms with Gasteiger partial charge in [0.25, 0.3) is 0 Å². The highest BCUT2D eigenvalue weighted by atomic mass is 32.2. The van der Waals surface area contributed by atoms with Crippen LogP contribution in [0.15, 0.2) is 23.1 Å². The Morgan fingerprint density at radius 1 is 0.970 bits per heavy atom. The molecule has 1 aromatic rings. The van der Waals surface area contributed by atoms with Crippen molar-refractivity contribution in [1.29, 1.82) is 0 Å². The maximum absolute atomic E-state index is 13.1. The highest BCUT2D eigenvalue weighted by molar-refractivity contribution is 7.89. The van der Waals surface area contributed by atoms with Crippen molar-refractivity contribution in [3.05, 3.63) is 18.2 Å². The molecule has 0 N–H and O–H groups in total. The Kier molecular flexibility index (Phi) is 7.75. The number of likely N-dealkylation sites (tertiary alicyclic amines) is 1. The number of methoxy groups -OCH3 is 2. The lowest BCUT2D eigenvalue weighted by Gasteiger charge is -2.37. The van der Waals surface area contributed by atoms with Gasteiger partial charge >= 0.3 is 0 Å². The molecule has 0 unspecified atom stereocenters. The number of rotatable bonds is 7. The molecule has 4 rings (SSSR count). The topological polar surface area (TPSA) is 97.9 Å². The number of nitrogens with zero attached hydrogens (tertiary/aromatic N) is 3. The third kappa shape index (κ3) is 5.43. The lowest BCUT2D eigenvalue weighted by Crippen LogP contribution is -2.53. The van der Waals surface area contributed by atoms with Gasteiger partial charge < -0.3 is 23.8 Å². The summed E-state index contributed by atoms with van der Waals surface area (Å²) < 4.78 is 49.2. The van der Waals surface area contributed by atoms with E-state index in [4.69, 9.17) is 18.9 Å². The van der Waals surface area contributed by atoms with Crippen molar-refractivity contribution >= 4 is 15.9 Å². The van der Waals surface area contributed by atoms with E-state index in [0.717, 1.165) is 25.9 Å². The highest BCUT2D eigenvalue weighted by Crippen LogP contribution is 2.31. The molecule has 0 saturated carbocycles. The fraction of sp³-hybridized carbons (Fsp3) is 0.682. The van der Waals surface area contributed by atoms with Gasteiger partial charge in [-0.1, -0.05) is 0 Å². The molecule has 1 amide bonds. The third-order valence-electron chi connectivity index (χ3n) is 6.61. The van der Waals surface area contributed by atoms with Gasteiger partial charge in [0, 0.05) is 38.2 Å². The summed E-state index contributed by atoms with van der Waals surface area (Å²) >= 11 is 0. The third-order valence-corrected chi connectivity index (χ3v) is 8.50. The van der Waals surface area contributed by atoms with Crippen LogP contribution in [0.5, 0.6) is 11.5 Å². The fourth-order valence-corrected chi connectivity index (χ4v) is 6.07. The molecule has 0 radical (unpaired) electrons. The number of amides is 1. The summed E-state index contributed by atoms with van der Waals surface area (Å²) in [6.45, 7) is 4.66. The summed E-state index contributed by atoms with van der Waals surface area (Å²) in [5.41, 5.74) is 0. The Hall–Kier alpha value is -1.92. The largest absolute Gasteiger partial charge is 0.493 e. The van der Waals surface area contributed by atoms with Crippen LogP contribution in [-0.2, 0) is 24.3 Å². The molecule has 3 heterocycles. The molecule has 3 aliphatic heterocycles. The summed E-state index contributed by atoms with van der Waals surface area (Å²) in [5.74, 6) is 1.27. The van der Waals surface area contributed by atoms with Crippen molar-refractivity contribution < 1.29 is 32.2 Å². The molecule has 0 aliphatic carbocycles. The molecule has 11 heteroatoms. The minimum absolute atomic E-state index is 0.0463. The number of carbonyl (C=O) groups is 1. The van der Waals surface area contributed by atoms with Crippen LogP contribution in [0, 0.1) is 5.92 Å². The van der Waals surface area contributed by atoms with Crippen LogP contribution in [0.4, 0.5) is 0 Å². The summed E-state index contributed by atoms with van der Waals surface area (Å²) in [4.78, 5) is 16.9. The van der Waals surface area contributed by atoms with Crippen LogP contribution < -0.4 is 9.47 Å². The zero-order chi connectivity index (χ0) is 23.4. The SMILES string of the molecule is COc1ccc(S(=O)(=O)N2CCN(C(=O)CN3CCC(C4OCCO4)CC3)CC2)cc1OC. The lowest BCUT2D eigenvalue weighted by molar-refractivity contribution is -0.135. The fourth-order valence-electron chi connectivity index (χ4n) is 4.63. The molecule has 0 atom stereocenters. The number of benzene rings is 1. The van der Waals surface area contributed by atoms with E-state index < -0.39 is 10.0 Å². The standard InChI is InChI=1S/C22H33N3O7S/c1-29-19-4-3-18(15-20(19)30-2)33(27,28)25-11-9-24(10-12-25)21(26)16-23-7-5-17(6-8-23)22-31-13-14-32-22/h3-4,15,17,22H,5-14,16H2,1-2H3. The number of piperidine rings is 1. The number of carbonyl (C=O) groups excluding carboxylic acids is 1. The first-order chi connectivity index (χ1) is 15.9. The molecule has 184 valence electrons. The second-order valence-corrected chi connectivity index (χ2v) is 10.5. The molecular formula is C22H33N3O7S. The predicted octanol–water partition coefficient (Wildman–Crippen LogP) is 0.622. The number of hydrogen-bond acceptors (Lipinski definition) is 8. The monoisotopic (exact) mass is 483 g/mol. The Labute approximate surface area is 195 Å². The molecule has 0 bridgehead atoms. The highest BCUT2D eigenvalue weighted by Gasteiger charge is 2.33. The summed E-state index contributed by atoms with van der Waals surface area (Å²) in [7, 11) is -0.712. The van der Waals surface area contributed by atoms with Gasteiger partial charge in [-0.25, -0.2) is 8.42 Å². The van der Waals surface area contributed by atoms with E-state index in [1.54, 1.807) is 11.0 Å². The molecule has 10 nitrogen and oxygen atoms in total. The Bertz CT molecular complexity index is 920. The number of piperazine rings is 1. The first-order valence-electron chi connectivity index (χ1n) is 11.4. The summed E-state index contributed by atoms with van der Waals surface area (Å²) in [6.07, 6.45) is 1.81. The van der Waals surface area contributed by atoms with E-state index in [-0.39, 0.29) is 30.2 Å². The maximum Gasteiger partial charge on any atom is 0.243 e. The summed E-state index contributed by atoms with van der Waals surface area (Å²) in [5, 5.41) is 0. The van der Waals surface area contributed by atoms with Crippen LogP contribution >= 0.6 is 0 Å². The van der Waals surface area contributed by atoms with Gasteiger partial charge in [0.15, 0.2) is 17.8 Å². The zero-order valence-corrected chi connectivity index (χ0v) is 20.1. The Morgan fingerprint density at radius 3 is 2.21 bits per heavy atom. The minimum atomic E-state index is -3.68. The van der Waals surface area contributed by atoms with E-state index in [1.807, 2.05) is 0 Å². The molecule has 3 saturated heterocycles. The number of hydrogen-bond donors (Lipinski definition) is 0. The molecule has 0 aromatic heterocycles. The smallest absolute Gasteiger partial charge is 0.243 e. The van der Waals surface area contributed by atoms with Crippen LogP contribution in [-0.4, -0.2) is 108 Å². The van der Waals surface area contributed by atoms with E-state index in [2.05, 4.69) is 4.90 Å². The lowest BCUT2D eigenvalue weighted by atomic mass is 9.96. The van der Waals surface area contributed by atoms with E-state index in [9.17, 15) is 13.2 Å².